The van der Waals surface area contributed by atoms with E-state index < -0.39 is 6.10 Å². The van der Waals surface area contributed by atoms with Gasteiger partial charge in [-0.3, -0.25) is 4.90 Å². The maximum absolute atomic E-state index is 10.4. The Morgan fingerprint density at radius 1 is 1.45 bits per heavy atom. The monoisotopic (exact) mass is 279 g/mol. The topological polar surface area (TPSA) is 52.9 Å². The van der Waals surface area contributed by atoms with Gasteiger partial charge in [-0.2, -0.15) is 0 Å². The number of benzene rings is 1. The Bertz CT molecular complexity index is 424. The number of β-amino-alcohol motifs (C(OH)–C–C–N with tert-alkyl or cyclic N) is 1. The van der Waals surface area contributed by atoms with E-state index in [1.165, 1.54) is 0 Å². The third-order valence-electron chi connectivity index (χ3n) is 4.30. The van der Waals surface area contributed by atoms with Crippen molar-refractivity contribution in [2.75, 3.05) is 26.8 Å². The molecular weight excluding hydrogens is 254 g/mol. The molecular formula is C16H25NO3. The first-order chi connectivity index (χ1) is 9.65. The predicted octanol–water partition coefficient (Wildman–Crippen LogP) is 1.82. The quantitative estimate of drug-likeness (QED) is 0.863. The van der Waals surface area contributed by atoms with Crippen molar-refractivity contribution in [2.24, 2.45) is 5.92 Å². The maximum atomic E-state index is 10.4. The molecule has 4 heteroatoms. The Balaban J connectivity index is 2.03. The fourth-order valence-electron chi connectivity index (χ4n) is 3.03. The van der Waals surface area contributed by atoms with Gasteiger partial charge in [0.15, 0.2) is 0 Å². The fourth-order valence-corrected chi connectivity index (χ4v) is 3.03. The number of methoxy groups -OCH3 is 1. The molecule has 3 atom stereocenters. The first-order valence-electron chi connectivity index (χ1n) is 7.32. The Hall–Kier alpha value is -1.10. The summed E-state index contributed by atoms with van der Waals surface area (Å²) >= 11 is 0. The van der Waals surface area contributed by atoms with E-state index in [1.807, 2.05) is 24.3 Å². The summed E-state index contributed by atoms with van der Waals surface area (Å²) < 4.78 is 5.19. The summed E-state index contributed by atoms with van der Waals surface area (Å²) in [6, 6.07) is 7.69. The van der Waals surface area contributed by atoms with Crippen molar-refractivity contribution in [3.05, 3.63) is 29.8 Å². The van der Waals surface area contributed by atoms with Gasteiger partial charge >= 0.3 is 0 Å². The van der Waals surface area contributed by atoms with Gasteiger partial charge in [0, 0.05) is 12.6 Å². The SMILES string of the molecule is COc1cccc(C(O)CN2CCCC(C)C2CO)c1. The maximum Gasteiger partial charge on any atom is 0.119 e. The van der Waals surface area contributed by atoms with Crippen LogP contribution in [0.2, 0.25) is 0 Å². The number of ether oxygens (including phenoxy) is 1. The van der Waals surface area contributed by atoms with Gasteiger partial charge in [-0.05, 0) is 43.0 Å². The minimum atomic E-state index is -0.551. The second-order valence-electron chi connectivity index (χ2n) is 5.66. The van der Waals surface area contributed by atoms with Crippen molar-refractivity contribution in [3.8, 4) is 5.75 Å². The van der Waals surface area contributed by atoms with Gasteiger partial charge < -0.3 is 14.9 Å². The lowest BCUT2D eigenvalue weighted by molar-refractivity contribution is 0.0165. The summed E-state index contributed by atoms with van der Waals surface area (Å²) in [5, 5.41) is 20.0. The van der Waals surface area contributed by atoms with Gasteiger partial charge in [0.1, 0.15) is 5.75 Å². The van der Waals surface area contributed by atoms with Crippen LogP contribution in [-0.4, -0.2) is 48.0 Å². The third-order valence-corrected chi connectivity index (χ3v) is 4.30. The number of hydrogen-bond acceptors (Lipinski definition) is 4. The highest BCUT2D eigenvalue weighted by Crippen LogP contribution is 2.26. The zero-order chi connectivity index (χ0) is 14.5. The molecule has 1 fully saturated rings. The van der Waals surface area contributed by atoms with E-state index in [4.69, 9.17) is 4.74 Å². The summed E-state index contributed by atoms with van der Waals surface area (Å²) in [4.78, 5) is 2.21. The molecule has 3 unspecified atom stereocenters. The Kier molecular flexibility index (Phi) is 5.40. The van der Waals surface area contributed by atoms with E-state index >= 15 is 0 Å². The number of aliphatic hydroxyl groups excluding tert-OH is 2. The number of likely N-dealkylation sites (tertiary alicyclic amines) is 1. The van der Waals surface area contributed by atoms with Crippen LogP contribution in [-0.2, 0) is 0 Å². The molecule has 20 heavy (non-hydrogen) atoms. The van der Waals surface area contributed by atoms with Gasteiger partial charge in [-0.1, -0.05) is 19.1 Å². The van der Waals surface area contributed by atoms with E-state index in [0.717, 1.165) is 30.7 Å². The van der Waals surface area contributed by atoms with Crippen molar-refractivity contribution >= 4 is 0 Å². The molecule has 2 rings (SSSR count). The lowest BCUT2D eigenvalue weighted by Gasteiger charge is -2.40. The molecule has 0 saturated carbocycles. The zero-order valence-corrected chi connectivity index (χ0v) is 12.3. The second-order valence-corrected chi connectivity index (χ2v) is 5.66. The van der Waals surface area contributed by atoms with E-state index in [2.05, 4.69) is 11.8 Å². The van der Waals surface area contributed by atoms with Crippen LogP contribution in [0.25, 0.3) is 0 Å². The molecule has 0 spiro atoms. The molecule has 4 nitrogen and oxygen atoms in total. The standard InChI is InChI=1S/C16H25NO3/c1-12-5-4-8-17(15(12)11-18)10-16(19)13-6-3-7-14(9-13)20-2/h3,6-7,9,12,15-16,18-19H,4-5,8,10-11H2,1-2H3. The number of rotatable bonds is 5. The van der Waals surface area contributed by atoms with Gasteiger partial charge in [0.2, 0.25) is 0 Å². The van der Waals surface area contributed by atoms with Crippen molar-refractivity contribution in [3.63, 3.8) is 0 Å². The van der Waals surface area contributed by atoms with Crippen molar-refractivity contribution in [1.29, 1.82) is 0 Å². The first kappa shape index (κ1) is 15.3. The largest absolute Gasteiger partial charge is 0.497 e. The molecule has 0 aromatic heterocycles. The number of nitrogens with zero attached hydrogens (tertiary/aromatic N) is 1. The predicted molar refractivity (Wildman–Crippen MR) is 78.8 cm³/mol. The van der Waals surface area contributed by atoms with Gasteiger partial charge in [0.05, 0.1) is 19.8 Å². The molecule has 112 valence electrons. The molecule has 0 radical (unpaired) electrons. The molecule has 0 aliphatic carbocycles. The molecule has 1 aliphatic heterocycles. The Morgan fingerprint density at radius 2 is 2.25 bits per heavy atom. The van der Waals surface area contributed by atoms with E-state index in [9.17, 15) is 10.2 Å². The van der Waals surface area contributed by atoms with Gasteiger partial charge in [0.25, 0.3) is 0 Å². The average Bonchev–Trinajstić information content (AvgIpc) is 2.47. The van der Waals surface area contributed by atoms with Crippen LogP contribution < -0.4 is 4.74 Å². The van der Waals surface area contributed by atoms with Crippen LogP contribution in [0.4, 0.5) is 0 Å². The molecule has 1 heterocycles. The lowest BCUT2D eigenvalue weighted by atomic mass is 9.90. The highest BCUT2D eigenvalue weighted by Gasteiger charge is 2.29. The van der Waals surface area contributed by atoms with Crippen molar-refractivity contribution in [2.45, 2.75) is 31.9 Å². The summed E-state index contributed by atoms with van der Waals surface area (Å²) in [5.41, 5.74) is 0.860. The molecule has 2 N–H and O–H groups in total. The van der Waals surface area contributed by atoms with Gasteiger partial charge in [-0.25, -0.2) is 0 Å². The Labute approximate surface area is 121 Å². The lowest BCUT2D eigenvalue weighted by Crippen LogP contribution is -2.48. The van der Waals surface area contributed by atoms with Crippen LogP contribution in [0.5, 0.6) is 5.75 Å². The Morgan fingerprint density at radius 3 is 2.95 bits per heavy atom. The smallest absolute Gasteiger partial charge is 0.119 e. The molecule has 1 saturated heterocycles. The molecule has 1 aromatic rings. The number of piperidine rings is 1. The summed E-state index contributed by atoms with van der Waals surface area (Å²) in [5.74, 6) is 1.23. The van der Waals surface area contributed by atoms with Crippen molar-refractivity contribution < 1.29 is 14.9 Å². The van der Waals surface area contributed by atoms with E-state index in [-0.39, 0.29) is 12.6 Å². The molecule has 0 bridgehead atoms. The van der Waals surface area contributed by atoms with Crippen LogP contribution >= 0.6 is 0 Å². The van der Waals surface area contributed by atoms with Crippen LogP contribution in [0.3, 0.4) is 0 Å². The third kappa shape index (κ3) is 3.51. The first-order valence-corrected chi connectivity index (χ1v) is 7.32. The van der Waals surface area contributed by atoms with Crippen LogP contribution in [0, 0.1) is 5.92 Å². The van der Waals surface area contributed by atoms with Crippen LogP contribution in [0.1, 0.15) is 31.4 Å². The van der Waals surface area contributed by atoms with E-state index in [1.54, 1.807) is 7.11 Å². The average molecular weight is 279 g/mol. The molecule has 1 aromatic carbocycles. The normalized spacial score (nSPS) is 25.4. The zero-order valence-electron chi connectivity index (χ0n) is 12.3. The summed E-state index contributed by atoms with van der Waals surface area (Å²) in [6.07, 6.45) is 1.73. The number of hydrogen-bond donors (Lipinski definition) is 2. The van der Waals surface area contributed by atoms with Gasteiger partial charge in [-0.15, -0.1) is 0 Å². The molecule has 0 amide bonds. The highest BCUT2D eigenvalue weighted by molar-refractivity contribution is 5.29. The molecule has 1 aliphatic rings. The van der Waals surface area contributed by atoms with E-state index in [0.29, 0.717) is 12.5 Å². The van der Waals surface area contributed by atoms with Crippen molar-refractivity contribution in [1.82, 2.24) is 4.90 Å². The fraction of sp³-hybridized carbons (Fsp3) is 0.625. The number of aliphatic hydroxyl groups is 2. The summed E-state index contributed by atoms with van der Waals surface area (Å²) in [6.45, 7) is 3.83. The minimum Gasteiger partial charge on any atom is -0.497 e. The summed E-state index contributed by atoms with van der Waals surface area (Å²) in [7, 11) is 1.62. The van der Waals surface area contributed by atoms with Crippen LogP contribution in [0.15, 0.2) is 24.3 Å². The second kappa shape index (κ2) is 7.07. The minimum absolute atomic E-state index is 0.156. The highest BCUT2D eigenvalue weighted by atomic mass is 16.5.